The van der Waals surface area contributed by atoms with Crippen molar-refractivity contribution in [3.63, 3.8) is 0 Å². The fourth-order valence-corrected chi connectivity index (χ4v) is 1.02. The van der Waals surface area contributed by atoms with Crippen LogP contribution in [0.5, 0.6) is 0 Å². The second kappa shape index (κ2) is 6.74. The van der Waals surface area contributed by atoms with Crippen molar-refractivity contribution < 1.29 is 35.4 Å². The van der Waals surface area contributed by atoms with E-state index in [0.717, 1.165) is 6.92 Å². The summed E-state index contributed by atoms with van der Waals surface area (Å²) in [5.41, 5.74) is 0. The Bertz CT molecular complexity index is 224. The van der Waals surface area contributed by atoms with E-state index in [2.05, 4.69) is 0 Å². The fraction of sp³-hybridized carbons (Fsp3) is 0.875. The first kappa shape index (κ1) is 15.2. The zero-order chi connectivity index (χ0) is 12.9. The van der Waals surface area contributed by atoms with Crippen molar-refractivity contribution in [3.8, 4) is 0 Å². The van der Waals surface area contributed by atoms with Crippen LogP contribution in [0.25, 0.3) is 0 Å². The van der Waals surface area contributed by atoms with Crippen molar-refractivity contribution in [2.45, 2.75) is 37.6 Å². The summed E-state index contributed by atoms with van der Waals surface area (Å²) in [5, 5.41) is 56.3. The Morgan fingerprint density at radius 2 is 1.56 bits per heavy atom. The van der Waals surface area contributed by atoms with E-state index in [4.69, 9.17) is 15.3 Å². The van der Waals surface area contributed by atoms with Crippen molar-refractivity contribution in [2.75, 3.05) is 6.61 Å². The first-order valence-electron chi connectivity index (χ1n) is 4.59. The number of aliphatic hydroxyl groups excluding tert-OH is 6. The summed E-state index contributed by atoms with van der Waals surface area (Å²) in [6.45, 7) is 0.266. The van der Waals surface area contributed by atoms with Gasteiger partial charge in [0, 0.05) is 6.92 Å². The Morgan fingerprint density at radius 3 is 1.94 bits per heavy atom. The number of hydrogen-bond donors (Lipinski definition) is 7. The van der Waals surface area contributed by atoms with Gasteiger partial charge in [-0.15, -0.1) is 0 Å². The molecule has 0 saturated heterocycles. The van der Waals surface area contributed by atoms with Gasteiger partial charge in [-0.3, -0.25) is 4.79 Å². The van der Waals surface area contributed by atoms with Gasteiger partial charge < -0.3 is 36.0 Å². The average Bonchev–Trinajstić information content (AvgIpc) is 2.23. The molecule has 16 heavy (non-hydrogen) atoms. The van der Waals surface area contributed by atoms with Crippen LogP contribution >= 0.6 is 0 Å². The van der Waals surface area contributed by atoms with Crippen LogP contribution in [0.1, 0.15) is 6.92 Å². The molecule has 0 bridgehead atoms. The Labute approximate surface area is 91.8 Å². The topological polar surface area (TPSA) is 150 Å². The molecule has 0 radical (unpaired) electrons. The number of nitrogens with one attached hydrogen (secondary N) is 1. The number of carbonyl (C=O) groups is 1. The highest BCUT2D eigenvalue weighted by Gasteiger charge is 2.34. The van der Waals surface area contributed by atoms with Crippen LogP contribution in [0.2, 0.25) is 0 Å². The van der Waals surface area contributed by atoms with Gasteiger partial charge in [-0.2, -0.15) is 0 Å². The van der Waals surface area contributed by atoms with Gasteiger partial charge in [0.05, 0.1) is 6.61 Å². The first-order chi connectivity index (χ1) is 7.31. The monoisotopic (exact) mass is 239 g/mol. The van der Waals surface area contributed by atoms with E-state index in [0.29, 0.717) is 0 Å². The number of aliphatic hydroxyl groups is 6. The molecule has 0 aromatic heterocycles. The maximum Gasteiger partial charge on any atom is 0.218 e. The van der Waals surface area contributed by atoms with E-state index in [1.54, 1.807) is 0 Å². The third-order valence-electron chi connectivity index (χ3n) is 1.96. The van der Waals surface area contributed by atoms with Gasteiger partial charge in [-0.25, -0.2) is 0 Å². The molecule has 8 heteroatoms. The predicted molar refractivity (Wildman–Crippen MR) is 50.9 cm³/mol. The van der Waals surface area contributed by atoms with Gasteiger partial charge in [0.2, 0.25) is 5.91 Å². The molecule has 8 nitrogen and oxygen atoms in total. The molecule has 7 N–H and O–H groups in total. The second-order valence-corrected chi connectivity index (χ2v) is 3.37. The van der Waals surface area contributed by atoms with Crippen LogP contribution in [0.15, 0.2) is 0 Å². The molecule has 0 aromatic rings. The van der Waals surface area contributed by atoms with Crippen molar-refractivity contribution in [1.29, 1.82) is 0 Å². The Kier molecular flexibility index (Phi) is 6.41. The molecule has 0 aliphatic heterocycles. The smallest absolute Gasteiger partial charge is 0.218 e. The van der Waals surface area contributed by atoms with Crippen molar-refractivity contribution in [1.82, 2.24) is 5.32 Å². The molecule has 0 fully saturated rings. The van der Waals surface area contributed by atoms with Gasteiger partial charge >= 0.3 is 0 Å². The molecule has 5 atom stereocenters. The lowest BCUT2D eigenvalue weighted by atomic mass is 10.0. The average molecular weight is 239 g/mol. The lowest BCUT2D eigenvalue weighted by molar-refractivity contribution is -0.150. The Morgan fingerprint density at radius 1 is 1.06 bits per heavy atom. The van der Waals surface area contributed by atoms with Crippen molar-refractivity contribution in [2.24, 2.45) is 0 Å². The number of amides is 1. The third-order valence-corrected chi connectivity index (χ3v) is 1.96. The van der Waals surface area contributed by atoms with Gasteiger partial charge in [0.1, 0.15) is 24.4 Å². The molecule has 1 unspecified atom stereocenters. The predicted octanol–water partition coefficient (Wildman–Crippen LogP) is -4.12. The number of rotatable bonds is 6. The summed E-state index contributed by atoms with van der Waals surface area (Å²) >= 11 is 0. The molecule has 0 heterocycles. The van der Waals surface area contributed by atoms with E-state index in [1.807, 2.05) is 5.32 Å². The summed E-state index contributed by atoms with van der Waals surface area (Å²) in [6, 6.07) is 0. The highest BCUT2D eigenvalue weighted by molar-refractivity contribution is 5.73. The largest absolute Gasteiger partial charge is 0.394 e. The molecule has 0 aliphatic rings. The Hall–Kier alpha value is -0.770. The first-order valence-corrected chi connectivity index (χ1v) is 4.59. The summed E-state index contributed by atoms with van der Waals surface area (Å²) < 4.78 is 0. The van der Waals surface area contributed by atoms with Gasteiger partial charge in [-0.05, 0) is 0 Å². The quantitative estimate of drug-likeness (QED) is 0.233. The zero-order valence-corrected chi connectivity index (χ0v) is 8.69. The summed E-state index contributed by atoms with van der Waals surface area (Å²) in [5.74, 6) is -0.643. The minimum absolute atomic E-state index is 0.643. The molecule has 0 aliphatic carbocycles. The van der Waals surface area contributed by atoms with Gasteiger partial charge in [0.15, 0.2) is 6.23 Å². The molecular formula is C8H17NO7. The van der Waals surface area contributed by atoms with Crippen LogP contribution in [0.4, 0.5) is 0 Å². The van der Waals surface area contributed by atoms with E-state index in [1.165, 1.54) is 0 Å². The van der Waals surface area contributed by atoms with Gasteiger partial charge in [0.25, 0.3) is 0 Å². The molecule has 0 rings (SSSR count). The normalized spacial score (nSPS) is 20.7. The number of carbonyl (C=O) groups excluding carboxylic acids is 1. The zero-order valence-electron chi connectivity index (χ0n) is 8.69. The fourth-order valence-electron chi connectivity index (χ4n) is 1.02. The van der Waals surface area contributed by atoms with Crippen LogP contribution < -0.4 is 5.32 Å². The van der Waals surface area contributed by atoms with Crippen molar-refractivity contribution in [3.05, 3.63) is 0 Å². The molecule has 0 spiro atoms. The maximum absolute atomic E-state index is 10.5. The van der Waals surface area contributed by atoms with E-state index in [9.17, 15) is 20.1 Å². The summed E-state index contributed by atoms with van der Waals surface area (Å²) in [6.07, 6.45) is -9.09. The van der Waals surface area contributed by atoms with Crippen molar-refractivity contribution >= 4 is 5.91 Å². The molecular weight excluding hydrogens is 222 g/mol. The van der Waals surface area contributed by atoms with Gasteiger partial charge in [-0.1, -0.05) is 0 Å². The van der Waals surface area contributed by atoms with Crippen LogP contribution in [-0.2, 0) is 4.79 Å². The minimum Gasteiger partial charge on any atom is -0.394 e. The second-order valence-electron chi connectivity index (χ2n) is 3.37. The highest BCUT2D eigenvalue weighted by Crippen LogP contribution is 2.07. The van der Waals surface area contributed by atoms with E-state index in [-0.39, 0.29) is 0 Å². The molecule has 1 amide bonds. The van der Waals surface area contributed by atoms with Crippen LogP contribution in [-0.4, -0.2) is 73.8 Å². The van der Waals surface area contributed by atoms with E-state index >= 15 is 0 Å². The third kappa shape index (κ3) is 4.39. The maximum atomic E-state index is 10.5. The van der Waals surface area contributed by atoms with Crippen LogP contribution in [0, 0.1) is 0 Å². The summed E-state index contributed by atoms with van der Waals surface area (Å²) in [7, 11) is 0. The minimum atomic E-state index is -1.91. The SMILES string of the molecule is CC(=O)NC(O)[C@H](O)[C@@H](O)[C@H](O)[C@@H](O)CO. The summed E-state index contributed by atoms with van der Waals surface area (Å²) in [4.78, 5) is 10.5. The Balaban J connectivity index is 4.35. The molecule has 0 saturated carbocycles. The molecule has 96 valence electrons. The lowest BCUT2D eigenvalue weighted by Gasteiger charge is -2.28. The lowest BCUT2D eigenvalue weighted by Crippen LogP contribution is -2.54. The highest BCUT2D eigenvalue weighted by atomic mass is 16.4. The molecule has 0 aromatic carbocycles. The van der Waals surface area contributed by atoms with E-state index < -0.39 is 43.2 Å². The van der Waals surface area contributed by atoms with Crippen LogP contribution in [0.3, 0.4) is 0 Å². The standard InChI is InChI=1S/C8H17NO7/c1-3(11)9-8(16)7(15)6(14)5(13)4(12)2-10/h4-8,10,12-16H,2H2,1H3,(H,9,11)/t4-,5+,6-,7+,8?/m0/s1. The number of hydrogen-bond acceptors (Lipinski definition) is 7.